The molecular weight excluding hydrogens is 520 g/mol. The number of Topliss-reactive ketones (excluding diaryl/α,β-unsaturated/α-hetero) is 1. The molecule has 2 heterocycles. The number of aromatic nitrogens is 1. The third-order valence-corrected chi connectivity index (χ3v) is 7.21. The number of anilines is 3. The summed E-state index contributed by atoms with van der Waals surface area (Å²) in [7, 11) is 0. The smallest absolute Gasteiger partial charge is 0.308 e. The number of carbonyl (C=O) groups is 3. The summed E-state index contributed by atoms with van der Waals surface area (Å²) in [6, 6.07) is 20.4. The number of benzene rings is 3. The molecule has 9 nitrogen and oxygen atoms in total. The molecule has 0 radical (unpaired) electrons. The van der Waals surface area contributed by atoms with Gasteiger partial charge in [0.2, 0.25) is 5.91 Å². The molecule has 0 bridgehead atoms. The summed E-state index contributed by atoms with van der Waals surface area (Å²) in [5.74, 6) is -1.95. The van der Waals surface area contributed by atoms with E-state index in [0.717, 1.165) is 16.8 Å². The number of rotatable bonds is 9. The zero-order chi connectivity index (χ0) is 27.5. The molecule has 200 valence electrons. The van der Waals surface area contributed by atoms with Crippen LogP contribution in [0.4, 0.5) is 17.4 Å². The van der Waals surface area contributed by atoms with Crippen LogP contribution in [0.15, 0.2) is 71.1 Å². The number of para-hydroxylation sites is 1. The highest BCUT2D eigenvalue weighted by Gasteiger charge is 2.39. The Kier molecular flexibility index (Phi) is 7.51. The van der Waals surface area contributed by atoms with Gasteiger partial charge < -0.3 is 25.1 Å². The number of oxazole rings is 1. The molecule has 1 fully saturated rings. The molecule has 4 aromatic rings. The van der Waals surface area contributed by atoms with Gasteiger partial charge in [-0.05, 0) is 47.5 Å². The van der Waals surface area contributed by atoms with Crippen LogP contribution >= 0.6 is 11.6 Å². The van der Waals surface area contributed by atoms with Crippen molar-refractivity contribution in [2.24, 2.45) is 5.92 Å². The molecule has 5 rings (SSSR count). The fourth-order valence-electron chi connectivity index (χ4n) is 4.80. The topological polar surface area (TPSA) is 125 Å². The molecule has 1 aliphatic rings. The minimum Gasteiger partial charge on any atom is -0.481 e. The molecule has 0 saturated carbocycles. The molecule has 2 unspecified atom stereocenters. The highest BCUT2D eigenvalue weighted by Crippen LogP contribution is 2.33. The van der Waals surface area contributed by atoms with E-state index >= 15 is 0 Å². The van der Waals surface area contributed by atoms with Crippen LogP contribution < -0.4 is 10.6 Å². The number of carboxylic acid groups (broad SMARTS) is 1. The lowest BCUT2D eigenvalue weighted by molar-refractivity contribution is -0.141. The summed E-state index contributed by atoms with van der Waals surface area (Å²) in [6.07, 6.45) is 0.220. The van der Waals surface area contributed by atoms with E-state index in [-0.39, 0.29) is 37.1 Å². The predicted octanol–water partition coefficient (Wildman–Crippen LogP) is 5.10. The third kappa shape index (κ3) is 6.04. The molecule has 0 aliphatic carbocycles. The van der Waals surface area contributed by atoms with E-state index in [9.17, 15) is 19.5 Å². The van der Waals surface area contributed by atoms with Crippen molar-refractivity contribution < 1.29 is 23.9 Å². The van der Waals surface area contributed by atoms with Gasteiger partial charge in [-0.2, -0.15) is 4.98 Å². The quantitative estimate of drug-likeness (QED) is 0.265. The minimum absolute atomic E-state index is 0.00816. The lowest BCUT2D eigenvalue weighted by Crippen LogP contribution is -2.27. The first kappa shape index (κ1) is 26.2. The van der Waals surface area contributed by atoms with Crippen LogP contribution in [0, 0.1) is 5.92 Å². The normalized spacial score (nSPS) is 16.8. The average Bonchev–Trinajstić information content (AvgIpc) is 3.54. The number of likely N-dealkylation sites (tertiary alicyclic amines) is 1. The van der Waals surface area contributed by atoms with Crippen molar-refractivity contribution in [1.82, 2.24) is 9.88 Å². The summed E-state index contributed by atoms with van der Waals surface area (Å²) in [4.78, 5) is 42.1. The van der Waals surface area contributed by atoms with Crippen LogP contribution in [0.5, 0.6) is 0 Å². The Bertz CT molecular complexity index is 1530. The van der Waals surface area contributed by atoms with Gasteiger partial charge in [0.1, 0.15) is 5.52 Å². The Morgan fingerprint density at radius 1 is 1.08 bits per heavy atom. The van der Waals surface area contributed by atoms with Crippen LogP contribution in [0.3, 0.4) is 0 Å². The van der Waals surface area contributed by atoms with Gasteiger partial charge in [-0.1, -0.05) is 41.9 Å². The van der Waals surface area contributed by atoms with E-state index in [2.05, 4.69) is 15.6 Å². The van der Waals surface area contributed by atoms with Crippen LogP contribution in [-0.4, -0.2) is 52.3 Å². The molecule has 0 spiro atoms. The third-order valence-electron chi connectivity index (χ3n) is 6.88. The second kappa shape index (κ2) is 11.2. The van der Waals surface area contributed by atoms with Crippen molar-refractivity contribution in [3.8, 4) is 0 Å². The first-order chi connectivity index (χ1) is 18.8. The number of hydrogen-bond donors (Lipinski definition) is 3. The van der Waals surface area contributed by atoms with Gasteiger partial charge in [0.15, 0.2) is 11.4 Å². The van der Waals surface area contributed by atoms with Gasteiger partial charge in [-0.25, -0.2) is 0 Å². The number of carboxylic acids is 1. The maximum Gasteiger partial charge on any atom is 0.308 e. The predicted molar refractivity (Wildman–Crippen MR) is 149 cm³/mol. The molecule has 39 heavy (non-hydrogen) atoms. The number of hydrogen-bond acceptors (Lipinski definition) is 7. The Hall–Kier alpha value is -4.37. The van der Waals surface area contributed by atoms with Crippen molar-refractivity contribution in [3.63, 3.8) is 0 Å². The number of nitrogens with one attached hydrogen (secondary N) is 2. The summed E-state index contributed by atoms with van der Waals surface area (Å²) < 4.78 is 5.81. The number of amides is 1. The summed E-state index contributed by atoms with van der Waals surface area (Å²) >= 11 is 6.19. The highest BCUT2D eigenvalue weighted by molar-refractivity contribution is 6.33. The fourth-order valence-corrected chi connectivity index (χ4v) is 4.98. The van der Waals surface area contributed by atoms with Gasteiger partial charge in [-0.15, -0.1) is 0 Å². The summed E-state index contributed by atoms with van der Waals surface area (Å²) in [5.41, 5.74) is 4.32. The van der Waals surface area contributed by atoms with E-state index in [1.807, 2.05) is 54.6 Å². The number of carbonyl (C=O) groups excluding carboxylic acids is 2. The molecule has 2 atom stereocenters. The number of aliphatic carboxylic acids is 1. The van der Waals surface area contributed by atoms with E-state index in [1.54, 1.807) is 17.0 Å². The Morgan fingerprint density at radius 3 is 2.56 bits per heavy atom. The van der Waals surface area contributed by atoms with Gasteiger partial charge >= 0.3 is 5.97 Å². The van der Waals surface area contributed by atoms with Crippen molar-refractivity contribution in [1.29, 1.82) is 0 Å². The molecule has 1 aliphatic heterocycles. The molecule has 3 N–H and O–H groups in total. The Labute approximate surface area is 229 Å². The second-order valence-corrected chi connectivity index (χ2v) is 10.00. The highest BCUT2D eigenvalue weighted by atomic mass is 35.5. The second-order valence-electron chi connectivity index (χ2n) is 9.59. The zero-order valence-corrected chi connectivity index (χ0v) is 21.9. The fraction of sp³-hybridized carbons (Fsp3) is 0.241. The number of ketones is 1. The molecule has 1 amide bonds. The monoisotopic (exact) mass is 546 g/mol. The van der Waals surface area contributed by atoms with Gasteiger partial charge in [0, 0.05) is 38.0 Å². The molecule has 1 aromatic heterocycles. The number of halogens is 1. The lowest BCUT2D eigenvalue weighted by Gasteiger charge is -2.16. The first-order valence-electron chi connectivity index (χ1n) is 12.5. The van der Waals surface area contributed by atoms with Gasteiger partial charge in [-0.3, -0.25) is 14.4 Å². The lowest BCUT2D eigenvalue weighted by atomic mass is 9.89. The zero-order valence-electron chi connectivity index (χ0n) is 21.2. The maximum atomic E-state index is 12.7. The van der Waals surface area contributed by atoms with Crippen LogP contribution in [0.25, 0.3) is 11.1 Å². The average molecular weight is 547 g/mol. The summed E-state index contributed by atoms with van der Waals surface area (Å²) in [6.45, 7) is 2.17. The standard InChI is InChI=1S/C29H27ClN4O5/c1-17(35)34-15-22(23(16-34)28(37)38)19-7-9-20(10-8-19)31-14-21(36)12-18-6-11-26-27(13-18)39-29(33-26)32-25-5-3-2-4-24(25)30/h2-11,13,22-23,31H,12,14-16H2,1H3,(H,32,33)(H,37,38). The van der Waals surface area contributed by atoms with E-state index in [1.165, 1.54) is 6.92 Å². The number of fused-ring (bicyclic) bond motifs is 1. The van der Waals surface area contributed by atoms with Crippen molar-refractivity contribution in [2.75, 3.05) is 30.3 Å². The van der Waals surface area contributed by atoms with E-state index < -0.39 is 11.9 Å². The molecule has 3 aromatic carbocycles. The SMILES string of the molecule is CC(=O)N1CC(C(=O)O)C(c2ccc(NCC(=O)Cc3ccc4nc(Nc5ccccc5Cl)oc4c3)cc2)C1. The molecule has 10 heteroatoms. The van der Waals surface area contributed by atoms with E-state index in [0.29, 0.717) is 34.4 Å². The van der Waals surface area contributed by atoms with Crippen LogP contribution in [-0.2, 0) is 20.8 Å². The van der Waals surface area contributed by atoms with Gasteiger partial charge in [0.25, 0.3) is 6.01 Å². The minimum atomic E-state index is -0.909. The largest absolute Gasteiger partial charge is 0.481 e. The molecule has 1 saturated heterocycles. The van der Waals surface area contributed by atoms with Crippen LogP contribution in [0.1, 0.15) is 24.0 Å². The van der Waals surface area contributed by atoms with Crippen molar-refractivity contribution in [3.05, 3.63) is 82.9 Å². The molecular formula is C29H27ClN4O5. The van der Waals surface area contributed by atoms with Crippen molar-refractivity contribution >= 4 is 57.7 Å². The van der Waals surface area contributed by atoms with Crippen LogP contribution in [0.2, 0.25) is 5.02 Å². The van der Waals surface area contributed by atoms with Gasteiger partial charge in [0.05, 0.1) is 23.2 Å². The Balaban J connectivity index is 1.17. The van der Waals surface area contributed by atoms with E-state index in [4.69, 9.17) is 16.0 Å². The number of nitrogens with zero attached hydrogens (tertiary/aromatic N) is 2. The first-order valence-corrected chi connectivity index (χ1v) is 12.9. The maximum absolute atomic E-state index is 12.7. The summed E-state index contributed by atoms with van der Waals surface area (Å²) in [5, 5.41) is 16.3. The van der Waals surface area contributed by atoms with Crippen molar-refractivity contribution in [2.45, 2.75) is 19.3 Å². The Morgan fingerprint density at radius 2 is 1.85 bits per heavy atom.